The number of halogens is 1. The minimum absolute atomic E-state index is 0.0874. The molecular formula is C13H16ClNO. The first-order chi connectivity index (χ1) is 7.77. The Bertz CT molecular complexity index is 352. The maximum absolute atomic E-state index is 11.3. The van der Waals surface area contributed by atoms with Crippen molar-refractivity contribution in [1.82, 2.24) is 4.90 Å². The van der Waals surface area contributed by atoms with E-state index in [-0.39, 0.29) is 11.3 Å². The fourth-order valence-corrected chi connectivity index (χ4v) is 2.50. The Labute approximate surface area is 101 Å². The van der Waals surface area contributed by atoms with Gasteiger partial charge in [0.15, 0.2) is 0 Å². The summed E-state index contributed by atoms with van der Waals surface area (Å²) >= 11 is 5.64. The lowest BCUT2D eigenvalue weighted by Gasteiger charge is -2.33. The van der Waals surface area contributed by atoms with E-state index in [1.165, 1.54) is 5.56 Å². The van der Waals surface area contributed by atoms with E-state index in [1.54, 1.807) is 0 Å². The van der Waals surface area contributed by atoms with Crippen molar-refractivity contribution in [3.05, 3.63) is 35.9 Å². The predicted octanol–water partition coefficient (Wildman–Crippen LogP) is 2.81. The van der Waals surface area contributed by atoms with Crippen LogP contribution in [0.1, 0.15) is 24.8 Å². The summed E-state index contributed by atoms with van der Waals surface area (Å²) in [4.78, 5) is 13.5. The monoisotopic (exact) mass is 237 g/mol. The molecule has 0 aromatic heterocycles. The Morgan fingerprint density at radius 2 is 2.06 bits per heavy atom. The summed E-state index contributed by atoms with van der Waals surface area (Å²) in [6.45, 7) is 1.79. The molecule has 16 heavy (non-hydrogen) atoms. The molecule has 1 aliphatic heterocycles. The number of likely N-dealkylation sites (tertiary alicyclic amines) is 1. The van der Waals surface area contributed by atoms with Gasteiger partial charge >= 0.3 is 0 Å². The van der Waals surface area contributed by atoms with E-state index in [0.29, 0.717) is 0 Å². The van der Waals surface area contributed by atoms with Crippen molar-refractivity contribution in [3.63, 3.8) is 0 Å². The van der Waals surface area contributed by atoms with Crippen LogP contribution in [0.3, 0.4) is 0 Å². The SMILES string of the molecule is O=C(Cl)C1CCCCN1Cc1ccccc1. The van der Waals surface area contributed by atoms with E-state index < -0.39 is 0 Å². The van der Waals surface area contributed by atoms with Gasteiger partial charge < -0.3 is 0 Å². The van der Waals surface area contributed by atoms with E-state index in [2.05, 4.69) is 17.0 Å². The van der Waals surface area contributed by atoms with E-state index in [0.717, 1.165) is 32.4 Å². The quantitative estimate of drug-likeness (QED) is 0.754. The summed E-state index contributed by atoms with van der Waals surface area (Å²) in [7, 11) is 0. The van der Waals surface area contributed by atoms with Gasteiger partial charge in [-0.25, -0.2) is 0 Å². The van der Waals surface area contributed by atoms with Gasteiger partial charge in [0, 0.05) is 6.54 Å². The predicted molar refractivity (Wildman–Crippen MR) is 65.4 cm³/mol. The summed E-state index contributed by atoms with van der Waals surface area (Å²) in [6.07, 6.45) is 3.16. The standard InChI is InChI=1S/C13H16ClNO/c14-13(16)12-8-4-5-9-15(12)10-11-6-2-1-3-7-11/h1-3,6-7,12H,4-5,8-10H2. The highest BCUT2D eigenvalue weighted by Gasteiger charge is 2.27. The molecule has 1 aromatic carbocycles. The molecule has 0 spiro atoms. The third kappa shape index (κ3) is 2.83. The minimum Gasteiger partial charge on any atom is -0.288 e. The summed E-state index contributed by atoms with van der Waals surface area (Å²) in [5, 5.41) is -0.212. The van der Waals surface area contributed by atoms with Crippen LogP contribution in [0.25, 0.3) is 0 Å². The molecule has 1 fully saturated rings. The number of carbonyl (C=O) groups is 1. The fraction of sp³-hybridized carbons (Fsp3) is 0.462. The second-order valence-corrected chi connectivity index (χ2v) is 4.64. The molecule has 0 aliphatic carbocycles. The van der Waals surface area contributed by atoms with Crippen LogP contribution < -0.4 is 0 Å². The zero-order valence-electron chi connectivity index (χ0n) is 9.23. The minimum atomic E-state index is -0.212. The summed E-state index contributed by atoms with van der Waals surface area (Å²) in [5.41, 5.74) is 1.24. The number of nitrogens with zero attached hydrogens (tertiary/aromatic N) is 1. The van der Waals surface area contributed by atoms with Gasteiger partial charge in [-0.05, 0) is 36.6 Å². The van der Waals surface area contributed by atoms with Crippen LogP contribution in [-0.4, -0.2) is 22.7 Å². The molecule has 2 rings (SSSR count). The summed E-state index contributed by atoms with van der Waals surface area (Å²) < 4.78 is 0. The Hall–Kier alpha value is -0.860. The maximum Gasteiger partial charge on any atom is 0.238 e. The first kappa shape index (κ1) is 11.6. The van der Waals surface area contributed by atoms with Gasteiger partial charge in [0.25, 0.3) is 0 Å². The van der Waals surface area contributed by atoms with Crippen LogP contribution >= 0.6 is 11.6 Å². The van der Waals surface area contributed by atoms with Gasteiger partial charge in [0.1, 0.15) is 0 Å². The highest BCUT2D eigenvalue weighted by Crippen LogP contribution is 2.21. The van der Waals surface area contributed by atoms with Gasteiger partial charge in [0.2, 0.25) is 5.24 Å². The Balaban J connectivity index is 2.04. The fourth-order valence-electron chi connectivity index (χ4n) is 2.26. The molecule has 0 saturated carbocycles. The topological polar surface area (TPSA) is 20.3 Å². The molecule has 1 heterocycles. The maximum atomic E-state index is 11.3. The van der Waals surface area contributed by atoms with Crippen LogP contribution in [0.2, 0.25) is 0 Å². The molecule has 86 valence electrons. The zero-order valence-corrected chi connectivity index (χ0v) is 9.99. The van der Waals surface area contributed by atoms with Crippen molar-refractivity contribution >= 4 is 16.8 Å². The third-order valence-corrected chi connectivity index (χ3v) is 3.36. The Morgan fingerprint density at radius 1 is 1.31 bits per heavy atom. The Kier molecular flexibility index (Phi) is 3.97. The molecule has 2 nitrogen and oxygen atoms in total. The number of hydrogen-bond acceptors (Lipinski definition) is 2. The molecule has 1 atom stereocenters. The van der Waals surface area contributed by atoms with Crippen molar-refractivity contribution in [2.45, 2.75) is 31.8 Å². The molecule has 1 aromatic rings. The van der Waals surface area contributed by atoms with E-state index in [4.69, 9.17) is 11.6 Å². The van der Waals surface area contributed by atoms with Crippen LogP contribution in [-0.2, 0) is 11.3 Å². The molecule has 3 heteroatoms. The van der Waals surface area contributed by atoms with Crippen molar-refractivity contribution in [2.24, 2.45) is 0 Å². The van der Waals surface area contributed by atoms with Gasteiger partial charge in [-0.15, -0.1) is 0 Å². The largest absolute Gasteiger partial charge is 0.288 e. The lowest BCUT2D eigenvalue weighted by atomic mass is 10.0. The van der Waals surface area contributed by atoms with Crippen LogP contribution in [0.15, 0.2) is 30.3 Å². The molecule has 0 N–H and O–H groups in total. The average molecular weight is 238 g/mol. The molecule has 0 radical (unpaired) electrons. The third-order valence-electron chi connectivity index (χ3n) is 3.10. The smallest absolute Gasteiger partial charge is 0.238 e. The van der Waals surface area contributed by atoms with Crippen molar-refractivity contribution in [2.75, 3.05) is 6.54 Å². The van der Waals surface area contributed by atoms with Crippen molar-refractivity contribution < 1.29 is 4.79 Å². The van der Waals surface area contributed by atoms with Gasteiger partial charge in [-0.3, -0.25) is 9.69 Å². The highest BCUT2D eigenvalue weighted by atomic mass is 35.5. The zero-order chi connectivity index (χ0) is 11.4. The molecular weight excluding hydrogens is 222 g/mol. The average Bonchev–Trinajstić information content (AvgIpc) is 2.31. The van der Waals surface area contributed by atoms with E-state index in [1.807, 2.05) is 18.2 Å². The van der Waals surface area contributed by atoms with Crippen LogP contribution in [0.4, 0.5) is 0 Å². The number of carbonyl (C=O) groups excluding carboxylic acids is 1. The van der Waals surface area contributed by atoms with E-state index in [9.17, 15) is 4.79 Å². The van der Waals surface area contributed by atoms with Crippen LogP contribution in [0.5, 0.6) is 0 Å². The lowest BCUT2D eigenvalue weighted by Crippen LogP contribution is -2.42. The highest BCUT2D eigenvalue weighted by molar-refractivity contribution is 6.64. The number of hydrogen-bond donors (Lipinski definition) is 0. The Morgan fingerprint density at radius 3 is 2.75 bits per heavy atom. The number of benzene rings is 1. The first-order valence-electron chi connectivity index (χ1n) is 5.74. The van der Waals surface area contributed by atoms with Gasteiger partial charge in [-0.1, -0.05) is 36.8 Å². The first-order valence-corrected chi connectivity index (χ1v) is 6.12. The second-order valence-electron chi connectivity index (χ2n) is 4.27. The molecule has 1 unspecified atom stereocenters. The molecule has 1 aliphatic rings. The lowest BCUT2D eigenvalue weighted by molar-refractivity contribution is -0.117. The number of rotatable bonds is 3. The van der Waals surface area contributed by atoms with Crippen molar-refractivity contribution in [3.8, 4) is 0 Å². The molecule has 0 bridgehead atoms. The van der Waals surface area contributed by atoms with Gasteiger partial charge in [0.05, 0.1) is 6.04 Å². The molecule has 1 saturated heterocycles. The second kappa shape index (κ2) is 5.46. The van der Waals surface area contributed by atoms with Crippen LogP contribution in [0, 0.1) is 0 Å². The normalized spacial score (nSPS) is 21.9. The van der Waals surface area contributed by atoms with Crippen molar-refractivity contribution in [1.29, 1.82) is 0 Å². The number of piperidine rings is 1. The summed E-state index contributed by atoms with van der Waals surface area (Å²) in [5.74, 6) is 0. The summed E-state index contributed by atoms with van der Waals surface area (Å²) in [6, 6.07) is 10.1. The van der Waals surface area contributed by atoms with E-state index >= 15 is 0 Å². The molecule has 0 amide bonds. The van der Waals surface area contributed by atoms with Gasteiger partial charge in [-0.2, -0.15) is 0 Å².